The summed E-state index contributed by atoms with van der Waals surface area (Å²) in [6.07, 6.45) is 0. The van der Waals surface area contributed by atoms with E-state index in [0.717, 1.165) is 17.0 Å². The fraction of sp³-hybridized carbons (Fsp3) is 0.0833. The van der Waals surface area contributed by atoms with E-state index < -0.39 is 0 Å². The first-order valence-electron chi connectivity index (χ1n) is 5.31. The number of hydrogen-bond acceptors (Lipinski definition) is 3. The second-order valence-electron chi connectivity index (χ2n) is 3.90. The van der Waals surface area contributed by atoms with Gasteiger partial charge < -0.3 is 0 Å². The van der Waals surface area contributed by atoms with Crippen molar-refractivity contribution in [2.75, 3.05) is 0 Å². The third-order valence-electron chi connectivity index (χ3n) is 2.54. The standard InChI is InChI=1S/C12H8ClN4S/c1-7-5-10(8-3-2-4-9(13)6-8)17-11(14-7)15-12(18)16-17/h2-6H,1H3. The highest BCUT2D eigenvalue weighted by atomic mass is 35.5. The van der Waals surface area contributed by atoms with Crippen LogP contribution in [0.3, 0.4) is 0 Å². The smallest absolute Gasteiger partial charge is 0.216 e. The van der Waals surface area contributed by atoms with Gasteiger partial charge in [0.05, 0.1) is 5.69 Å². The van der Waals surface area contributed by atoms with Crippen molar-refractivity contribution < 1.29 is 0 Å². The first-order chi connectivity index (χ1) is 8.63. The maximum atomic E-state index is 6.01. The zero-order valence-electron chi connectivity index (χ0n) is 9.46. The normalized spacial score (nSPS) is 11.0. The highest BCUT2D eigenvalue weighted by Crippen LogP contribution is 2.23. The van der Waals surface area contributed by atoms with Crippen molar-refractivity contribution >= 4 is 30.0 Å². The molecule has 0 fully saturated rings. The van der Waals surface area contributed by atoms with E-state index in [1.807, 2.05) is 37.3 Å². The Kier molecular flexibility index (Phi) is 2.65. The fourth-order valence-electron chi connectivity index (χ4n) is 1.82. The molecule has 0 aliphatic carbocycles. The average Bonchev–Trinajstić information content (AvgIpc) is 2.68. The zero-order valence-corrected chi connectivity index (χ0v) is 11.0. The van der Waals surface area contributed by atoms with Crippen molar-refractivity contribution in [1.82, 2.24) is 19.6 Å². The molecule has 0 N–H and O–H groups in total. The average molecular weight is 276 g/mol. The molecule has 0 spiro atoms. The molecule has 0 aliphatic rings. The van der Waals surface area contributed by atoms with E-state index >= 15 is 0 Å². The van der Waals surface area contributed by atoms with Crippen LogP contribution in [0.2, 0.25) is 5.02 Å². The summed E-state index contributed by atoms with van der Waals surface area (Å²) in [6, 6.07) is 9.49. The minimum absolute atomic E-state index is 0.288. The first kappa shape index (κ1) is 11.4. The maximum absolute atomic E-state index is 6.01. The van der Waals surface area contributed by atoms with Gasteiger partial charge in [-0.3, -0.25) is 0 Å². The van der Waals surface area contributed by atoms with Gasteiger partial charge in [0.1, 0.15) is 0 Å². The molecule has 0 amide bonds. The molecule has 0 bridgehead atoms. The van der Waals surface area contributed by atoms with Crippen LogP contribution in [0.15, 0.2) is 35.5 Å². The molecular formula is C12H8ClN4S. The van der Waals surface area contributed by atoms with Crippen molar-refractivity contribution in [1.29, 1.82) is 0 Å². The van der Waals surface area contributed by atoms with Gasteiger partial charge in [-0.1, -0.05) is 23.7 Å². The molecule has 1 aromatic carbocycles. The van der Waals surface area contributed by atoms with Gasteiger partial charge in [-0.15, -0.1) is 5.10 Å². The summed E-state index contributed by atoms with van der Waals surface area (Å²) >= 11 is 11.0. The summed E-state index contributed by atoms with van der Waals surface area (Å²) in [7, 11) is 0. The third-order valence-corrected chi connectivity index (χ3v) is 2.95. The van der Waals surface area contributed by atoms with Crippen LogP contribution in [-0.2, 0) is 0 Å². The Morgan fingerprint density at radius 3 is 2.83 bits per heavy atom. The zero-order chi connectivity index (χ0) is 12.7. The Morgan fingerprint density at radius 1 is 1.22 bits per heavy atom. The van der Waals surface area contributed by atoms with Crippen molar-refractivity contribution in [2.45, 2.75) is 12.1 Å². The number of nitrogens with zero attached hydrogens (tertiary/aromatic N) is 4. The highest BCUT2D eigenvalue weighted by Gasteiger charge is 2.10. The highest BCUT2D eigenvalue weighted by molar-refractivity contribution is 7.80. The Morgan fingerprint density at radius 2 is 2.06 bits per heavy atom. The lowest BCUT2D eigenvalue weighted by atomic mass is 10.1. The molecular weight excluding hydrogens is 268 g/mol. The predicted octanol–water partition coefficient (Wildman–Crippen LogP) is 3.31. The van der Waals surface area contributed by atoms with Crippen molar-refractivity contribution in [2.24, 2.45) is 0 Å². The number of aromatic nitrogens is 4. The summed E-state index contributed by atoms with van der Waals surface area (Å²) in [6.45, 7) is 1.91. The number of aryl methyl sites for hydroxylation is 1. The van der Waals surface area contributed by atoms with Gasteiger partial charge in [0.25, 0.3) is 5.78 Å². The molecule has 3 rings (SSSR count). The minimum atomic E-state index is 0.288. The van der Waals surface area contributed by atoms with E-state index in [1.54, 1.807) is 4.52 Å². The molecule has 4 nitrogen and oxygen atoms in total. The summed E-state index contributed by atoms with van der Waals surface area (Å²) in [4.78, 5) is 8.40. The summed E-state index contributed by atoms with van der Waals surface area (Å²) in [5.41, 5.74) is 2.70. The lowest BCUT2D eigenvalue weighted by molar-refractivity contribution is 0.885. The Labute approximate surface area is 114 Å². The van der Waals surface area contributed by atoms with Crippen molar-refractivity contribution in [3.63, 3.8) is 0 Å². The van der Waals surface area contributed by atoms with Crippen LogP contribution >= 0.6 is 24.2 Å². The largest absolute Gasteiger partial charge is 0.254 e. The molecule has 2 heterocycles. The number of rotatable bonds is 1. The van der Waals surface area contributed by atoms with Crippen LogP contribution in [0.25, 0.3) is 17.0 Å². The van der Waals surface area contributed by atoms with Gasteiger partial charge >= 0.3 is 0 Å². The molecule has 0 atom stereocenters. The van der Waals surface area contributed by atoms with E-state index in [-0.39, 0.29) is 5.16 Å². The fourth-order valence-corrected chi connectivity index (χ4v) is 2.18. The molecule has 2 aromatic heterocycles. The molecule has 18 heavy (non-hydrogen) atoms. The second-order valence-corrected chi connectivity index (χ2v) is 4.70. The van der Waals surface area contributed by atoms with E-state index in [9.17, 15) is 0 Å². The predicted molar refractivity (Wildman–Crippen MR) is 71.8 cm³/mol. The lowest BCUT2D eigenvalue weighted by Gasteiger charge is -2.05. The quantitative estimate of drug-likeness (QED) is 0.684. The van der Waals surface area contributed by atoms with Crippen LogP contribution in [0.1, 0.15) is 5.69 Å². The SMILES string of the molecule is Cc1cc(-c2cccc(Cl)c2)n2nc([S])nc2n1. The summed E-state index contributed by atoms with van der Waals surface area (Å²) in [5, 5.41) is 5.14. The topological polar surface area (TPSA) is 43.1 Å². The Hall–Kier alpha value is -1.72. The van der Waals surface area contributed by atoms with E-state index in [0.29, 0.717) is 10.8 Å². The van der Waals surface area contributed by atoms with Gasteiger partial charge in [-0.2, -0.15) is 9.50 Å². The van der Waals surface area contributed by atoms with Crippen LogP contribution in [0.5, 0.6) is 0 Å². The third kappa shape index (κ3) is 1.91. The summed E-state index contributed by atoms with van der Waals surface area (Å²) < 4.78 is 1.64. The maximum Gasteiger partial charge on any atom is 0.254 e. The van der Waals surface area contributed by atoms with E-state index in [4.69, 9.17) is 24.2 Å². The van der Waals surface area contributed by atoms with E-state index in [1.165, 1.54) is 0 Å². The molecule has 0 saturated heterocycles. The molecule has 3 aromatic rings. The summed E-state index contributed by atoms with van der Waals surface area (Å²) in [5.74, 6) is 0.509. The number of benzene rings is 1. The van der Waals surface area contributed by atoms with Crippen molar-refractivity contribution in [3.8, 4) is 11.3 Å². The van der Waals surface area contributed by atoms with Gasteiger partial charge in [-0.25, -0.2) is 4.98 Å². The molecule has 1 radical (unpaired) electrons. The molecule has 6 heteroatoms. The first-order valence-corrected chi connectivity index (χ1v) is 6.09. The van der Waals surface area contributed by atoms with Crippen LogP contribution in [-0.4, -0.2) is 19.6 Å². The van der Waals surface area contributed by atoms with Gasteiger partial charge in [0, 0.05) is 16.3 Å². The van der Waals surface area contributed by atoms with Gasteiger partial charge in [0.15, 0.2) is 0 Å². The molecule has 0 unspecified atom stereocenters. The van der Waals surface area contributed by atoms with Crippen molar-refractivity contribution in [3.05, 3.63) is 41.0 Å². The molecule has 0 aliphatic heterocycles. The van der Waals surface area contributed by atoms with Gasteiger partial charge in [-0.05, 0) is 37.8 Å². The van der Waals surface area contributed by atoms with Gasteiger partial charge in [0.2, 0.25) is 5.16 Å². The molecule has 0 saturated carbocycles. The van der Waals surface area contributed by atoms with Crippen LogP contribution < -0.4 is 0 Å². The monoisotopic (exact) mass is 275 g/mol. The lowest BCUT2D eigenvalue weighted by Crippen LogP contribution is -1.98. The molecule has 89 valence electrons. The van der Waals surface area contributed by atoms with Crippen LogP contribution in [0.4, 0.5) is 0 Å². The number of fused-ring (bicyclic) bond motifs is 1. The van der Waals surface area contributed by atoms with E-state index in [2.05, 4.69) is 15.1 Å². The Balaban J connectivity index is 2.34. The number of halogens is 1. The van der Waals surface area contributed by atoms with Crippen LogP contribution in [0, 0.1) is 6.92 Å². The minimum Gasteiger partial charge on any atom is -0.216 e. The second kappa shape index (κ2) is 4.19. The Bertz CT molecular complexity index is 738. The number of hydrogen-bond donors (Lipinski definition) is 0.